The standard InChI is InChI=1S/C18H16Cl2N2/c19-16-6-7-17(18(20)11-16)15(12-22-9-8-21-13-22)10-14-4-2-1-3-5-14/h1-9,11,13,15H,10,12H2. The van der Waals surface area contributed by atoms with Crippen LogP contribution in [-0.2, 0) is 13.0 Å². The van der Waals surface area contributed by atoms with E-state index in [1.807, 2.05) is 36.8 Å². The second-order valence-corrected chi connectivity index (χ2v) is 6.16. The van der Waals surface area contributed by atoms with E-state index in [0.717, 1.165) is 18.5 Å². The number of hydrogen-bond donors (Lipinski definition) is 0. The Morgan fingerprint density at radius 1 is 1.05 bits per heavy atom. The maximum atomic E-state index is 6.42. The van der Waals surface area contributed by atoms with Gasteiger partial charge in [0.25, 0.3) is 0 Å². The van der Waals surface area contributed by atoms with Crippen LogP contribution in [0.2, 0.25) is 10.0 Å². The Labute approximate surface area is 140 Å². The second-order valence-electron chi connectivity index (χ2n) is 5.31. The fourth-order valence-corrected chi connectivity index (χ4v) is 3.22. The van der Waals surface area contributed by atoms with Crippen molar-refractivity contribution in [2.75, 3.05) is 0 Å². The molecule has 0 aliphatic rings. The van der Waals surface area contributed by atoms with Crippen LogP contribution in [0.1, 0.15) is 17.0 Å². The highest BCUT2D eigenvalue weighted by Crippen LogP contribution is 2.31. The summed E-state index contributed by atoms with van der Waals surface area (Å²) in [7, 11) is 0. The van der Waals surface area contributed by atoms with Gasteiger partial charge in [0.2, 0.25) is 0 Å². The van der Waals surface area contributed by atoms with Crippen LogP contribution in [0, 0.1) is 0 Å². The van der Waals surface area contributed by atoms with E-state index >= 15 is 0 Å². The van der Waals surface area contributed by atoms with E-state index in [1.54, 1.807) is 6.20 Å². The quantitative estimate of drug-likeness (QED) is 0.627. The van der Waals surface area contributed by atoms with Crippen LogP contribution in [0.5, 0.6) is 0 Å². The molecule has 4 heteroatoms. The molecule has 0 aliphatic carbocycles. The van der Waals surface area contributed by atoms with Gasteiger partial charge in [0.05, 0.1) is 6.33 Å². The molecule has 0 radical (unpaired) electrons. The molecule has 1 atom stereocenters. The van der Waals surface area contributed by atoms with Crippen LogP contribution in [0.4, 0.5) is 0 Å². The van der Waals surface area contributed by atoms with Crippen molar-refractivity contribution in [1.82, 2.24) is 9.55 Å². The van der Waals surface area contributed by atoms with E-state index in [1.165, 1.54) is 5.56 Å². The molecule has 0 amide bonds. The van der Waals surface area contributed by atoms with E-state index < -0.39 is 0 Å². The first kappa shape index (κ1) is 15.1. The van der Waals surface area contributed by atoms with Crippen LogP contribution >= 0.6 is 23.2 Å². The summed E-state index contributed by atoms with van der Waals surface area (Å²) >= 11 is 12.4. The molecule has 3 rings (SSSR count). The first-order valence-electron chi connectivity index (χ1n) is 7.17. The predicted octanol–water partition coefficient (Wildman–Crippen LogP) is 5.22. The molecule has 22 heavy (non-hydrogen) atoms. The summed E-state index contributed by atoms with van der Waals surface area (Å²) < 4.78 is 2.08. The molecular weight excluding hydrogens is 315 g/mol. The molecular formula is C18H16Cl2N2. The topological polar surface area (TPSA) is 17.8 Å². The Balaban J connectivity index is 1.91. The van der Waals surface area contributed by atoms with Crippen molar-refractivity contribution < 1.29 is 0 Å². The average molecular weight is 331 g/mol. The van der Waals surface area contributed by atoms with Gasteiger partial charge < -0.3 is 4.57 Å². The van der Waals surface area contributed by atoms with E-state index in [0.29, 0.717) is 10.0 Å². The monoisotopic (exact) mass is 330 g/mol. The van der Waals surface area contributed by atoms with Crippen molar-refractivity contribution >= 4 is 23.2 Å². The molecule has 3 aromatic rings. The summed E-state index contributed by atoms with van der Waals surface area (Å²) in [5, 5.41) is 1.38. The number of rotatable bonds is 5. The van der Waals surface area contributed by atoms with Crippen LogP contribution in [0.15, 0.2) is 67.3 Å². The summed E-state index contributed by atoms with van der Waals surface area (Å²) in [6.07, 6.45) is 6.52. The van der Waals surface area contributed by atoms with Gasteiger partial charge in [0, 0.05) is 34.9 Å². The molecule has 1 heterocycles. The first-order valence-corrected chi connectivity index (χ1v) is 7.92. The fraction of sp³-hybridized carbons (Fsp3) is 0.167. The molecule has 1 unspecified atom stereocenters. The van der Waals surface area contributed by atoms with Gasteiger partial charge in [-0.25, -0.2) is 4.98 Å². The third kappa shape index (κ3) is 3.70. The number of nitrogens with zero attached hydrogens (tertiary/aromatic N) is 2. The lowest BCUT2D eigenvalue weighted by molar-refractivity contribution is 0.556. The molecule has 0 saturated heterocycles. The van der Waals surface area contributed by atoms with Gasteiger partial charge in [0.15, 0.2) is 0 Å². The number of aromatic nitrogens is 2. The predicted molar refractivity (Wildman–Crippen MR) is 91.6 cm³/mol. The van der Waals surface area contributed by atoms with Crippen molar-refractivity contribution in [2.24, 2.45) is 0 Å². The molecule has 0 bridgehead atoms. The maximum Gasteiger partial charge on any atom is 0.0946 e. The minimum Gasteiger partial charge on any atom is -0.337 e. The first-order chi connectivity index (χ1) is 10.7. The van der Waals surface area contributed by atoms with Crippen molar-refractivity contribution in [1.29, 1.82) is 0 Å². The molecule has 0 saturated carbocycles. The smallest absolute Gasteiger partial charge is 0.0946 e. The summed E-state index contributed by atoms with van der Waals surface area (Å²) in [5.74, 6) is 0.265. The Morgan fingerprint density at radius 2 is 1.86 bits per heavy atom. The lowest BCUT2D eigenvalue weighted by atomic mass is 9.91. The third-order valence-corrected chi connectivity index (χ3v) is 4.28. The zero-order chi connectivity index (χ0) is 15.4. The summed E-state index contributed by atoms with van der Waals surface area (Å²) in [6, 6.07) is 16.2. The molecule has 112 valence electrons. The average Bonchev–Trinajstić information content (AvgIpc) is 3.01. The van der Waals surface area contributed by atoms with Gasteiger partial charge in [-0.1, -0.05) is 59.6 Å². The minimum atomic E-state index is 0.265. The Morgan fingerprint density at radius 3 is 2.55 bits per heavy atom. The minimum absolute atomic E-state index is 0.265. The number of imidazole rings is 1. The van der Waals surface area contributed by atoms with Gasteiger partial charge >= 0.3 is 0 Å². The zero-order valence-corrected chi connectivity index (χ0v) is 13.5. The Kier molecular flexibility index (Phi) is 4.81. The van der Waals surface area contributed by atoms with Gasteiger partial charge in [0.1, 0.15) is 0 Å². The van der Waals surface area contributed by atoms with E-state index in [2.05, 4.69) is 33.8 Å². The molecule has 0 fully saturated rings. The number of benzene rings is 2. The molecule has 2 aromatic carbocycles. The molecule has 2 nitrogen and oxygen atoms in total. The summed E-state index contributed by atoms with van der Waals surface area (Å²) in [5.41, 5.74) is 2.40. The van der Waals surface area contributed by atoms with Crippen LogP contribution in [-0.4, -0.2) is 9.55 Å². The summed E-state index contributed by atoms with van der Waals surface area (Å²) in [6.45, 7) is 0.830. The van der Waals surface area contributed by atoms with E-state index in [-0.39, 0.29) is 5.92 Å². The molecule has 0 aliphatic heterocycles. The normalized spacial score (nSPS) is 12.3. The van der Waals surface area contributed by atoms with Gasteiger partial charge in [-0.05, 0) is 29.7 Å². The van der Waals surface area contributed by atoms with Crippen molar-refractivity contribution in [3.63, 3.8) is 0 Å². The summed E-state index contributed by atoms with van der Waals surface area (Å²) in [4.78, 5) is 4.12. The van der Waals surface area contributed by atoms with Gasteiger partial charge in [-0.2, -0.15) is 0 Å². The van der Waals surface area contributed by atoms with Crippen molar-refractivity contribution in [3.8, 4) is 0 Å². The van der Waals surface area contributed by atoms with Crippen LogP contribution in [0.25, 0.3) is 0 Å². The molecule has 1 aromatic heterocycles. The van der Waals surface area contributed by atoms with Gasteiger partial charge in [-0.3, -0.25) is 0 Å². The largest absolute Gasteiger partial charge is 0.337 e. The second kappa shape index (κ2) is 6.99. The highest BCUT2D eigenvalue weighted by Gasteiger charge is 2.16. The maximum absolute atomic E-state index is 6.42. The van der Waals surface area contributed by atoms with E-state index in [9.17, 15) is 0 Å². The number of hydrogen-bond acceptors (Lipinski definition) is 1. The van der Waals surface area contributed by atoms with E-state index in [4.69, 9.17) is 23.2 Å². The highest BCUT2D eigenvalue weighted by atomic mass is 35.5. The Bertz CT molecular complexity index is 724. The van der Waals surface area contributed by atoms with Crippen LogP contribution in [0.3, 0.4) is 0 Å². The lowest BCUT2D eigenvalue weighted by Crippen LogP contribution is -2.11. The molecule has 0 spiro atoms. The highest BCUT2D eigenvalue weighted by molar-refractivity contribution is 6.35. The van der Waals surface area contributed by atoms with Crippen molar-refractivity contribution in [3.05, 3.63) is 88.4 Å². The Hall–Kier alpha value is -1.77. The third-order valence-electron chi connectivity index (χ3n) is 3.72. The molecule has 0 N–H and O–H groups in total. The lowest BCUT2D eigenvalue weighted by Gasteiger charge is -2.20. The van der Waals surface area contributed by atoms with Gasteiger partial charge in [-0.15, -0.1) is 0 Å². The van der Waals surface area contributed by atoms with Crippen molar-refractivity contribution in [2.45, 2.75) is 18.9 Å². The SMILES string of the molecule is Clc1ccc(C(Cc2ccccc2)Cn2ccnc2)c(Cl)c1. The fourth-order valence-electron chi connectivity index (χ4n) is 2.65. The number of halogens is 2. The zero-order valence-electron chi connectivity index (χ0n) is 12.0. The van der Waals surface area contributed by atoms with Crippen LogP contribution < -0.4 is 0 Å².